The second-order valence-electron chi connectivity index (χ2n) is 15.2. The summed E-state index contributed by atoms with van der Waals surface area (Å²) in [4.78, 5) is 0. The molecule has 0 saturated heterocycles. The van der Waals surface area contributed by atoms with Crippen LogP contribution in [0.3, 0.4) is 0 Å². The maximum atomic E-state index is 2.60. The van der Waals surface area contributed by atoms with Crippen molar-refractivity contribution >= 4 is 28.8 Å². The third-order valence-electron chi connectivity index (χ3n) is 12.0. The van der Waals surface area contributed by atoms with Crippen LogP contribution in [-0.2, 0) is 21.7 Å². The van der Waals surface area contributed by atoms with Crippen molar-refractivity contribution in [2.24, 2.45) is 0 Å². The number of benzene rings is 6. The van der Waals surface area contributed by atoms with E-state index in [1.54, 1.807) is 5.19 Å². The zero-order valence-electron chi connectivity index (χ0n) is 34.3. The molecule has 0 aliphatic rings. The maximum Gasteiger partial charge on any atom is 4.00 e. The predicted octanol–water partition coefficient (Wildman–Crippen LogP) is 1.88. The van der Waals surface area contributed by atoms with Gasteiger partial charge < -0.3 is 37.2 Å². The fourth-order valence-corrected chi connectivity index (χ4v) is 15.4. The van der Waals surface area contributed by atoms with Crippen molar-refractivity contribution in [1.29, 1.82) is 0 Å². The molecule has 0 aliphatic heterocycles. The molecule has 7 aromatic rings. The summed E-state index contributed by atoms with van der Waals surface area (Å²) < 4.78 is 0. The Morgan fingerprint density at radius 2 is 0.661 bits per heavy atom. The summed E-state index contributed by atoms with van der Waals surface area (Å²) in [7, 11) is -3.09. The van der Waals surface area contributed by atoms with Crippen molar-refractivity contribution in [2.45, 2.75) is 69.2 Å². The SMILES string of the molecule is Cc1cc(C)c([Si](c2cc(-c3ccccc3)c(C)cc2C)(c2cc(-c3ccccc3)c(C)cc2C)c2c(C)c(C)c(C)[c-]2C)cc1-c1ccccc1.[Cl-].[Cl-].[Cl-].[Ti+4]. The Balaban J connectivity index is 0.00000210. The molecular weight excluding hydrogens is 795 g/mol. The number of rotatable bonds is 7. The molecule has 284 valence electrons. The van der Waals surface area contributed by atoms with Crippen molar-refractivity contribution in [3.05, 3.63) is 183 Å². The average Bonchev–Trinajstić information content (AvgIpc) is 3.33. The standard InChI is InChI=1S/C51H51Si.3ClH.Ti/c1-32-26-35(4)48(29-45(32)42-20-14-11-15-21-42)52(51-40(9)38(7)39(8)41(51)10,49-30-46(33(2)27-36(49)5)43-22-16-12-17-23-43)50-31-47(34(3)28-37(50)6)44-24-18-13-19-25-44;;;;/h11-31H,1-10H3;3*1H;/q-1;;;;+4/p-3. The van der Waals surface area contributed by atoms with Gasteiger partial charge in [0.2, 0.25) is 0 Å². The van der Waals surface area contributed by atoms with Gasteiger partial charge in [-0.15, -0.1) is 0 Å². The third kappa shape index (κ3) is 7.97. The monoisotopic (exact) mass is 844 g/mol. The van der Waals surface area contributed by atoms with Gasteiger partial charge in [-0.3, -0.25) is 0 Å². The van der Waals surface area contributed by atoms with Crippen LogP contribution in [0.15, 0.2) is 127 Å². The van der Waals surface area contributed by atoms with E-state index in [4.69, 9.17) is 0 Å². The first kappa shape index (κ1) is 46.9. The molecule has 0 radical (unpaired) electrons. The summed E-state index contributed by atoms with van der Waals surface area (Å²) >= 11 is 0. The van der Waals surface area contributed by atoms with Crippen molar-refractivity contribution in [1.82, 2.24) is 0 Å². The smallest absolute Gasteiger partial charge is 1.00 e. The molecule has 56 heavy (non-hydrogen) atoms. The molecule has 0 fully saturated rings. The van der Waals surface area contributed by atoms with Gasteiger partial charge in [0.15, 0.2) is 8.07 Å². The molecule has 0 aliphatic carbocycles. The van der Waals surface area contributed by atoms with E-state index in [0.29, 0.717) is 0 Å². The van der Waals surface area contributed by atoms with E-state index < -0.39 is 8.07 Å². The molecule has 0 atom stereocenters. The van der Waals surface area contributed by atoms with E-state index in [0.717, 1.165) is 0 Å². The summed E-state index contributed by atoms with van der Waals surface area (Å²) in [5.74, 6) is 0. The average molecular weight is 846 g/mol. The van der Waals surface area contributed by atoms with Crippen molar-refractivity contribution in [2.75, 3.05) is 0 Å². The largest absolute Gasteiger partial charge is 4.00 e. The third-order valence-corrected chi connectivity index (χ3v) is 17.5. The first-order valence-electron chi connectivity index (χ1n) is 18.7. The van der Waals surface area contributed by atoms with Gasteiger partial charge in [0.25, 0.3) is 0 Å². The molecule has 0 amide bonds. The first-order chi connectivity index (χ1) is 24.9. The van der Waals surface area contributed by atoms with Crippen molar-refractivity contribution in [3.8, 4) is 33.4 Å². The Hall–Kier alpha value is -3.53. The van der Waals surface area contributed by atoms with Gasteiger partial charge in [0.05, 0.1) is 0 Å². The summed E-state index contributed by atoms with van der Waals surface area (Å²) in [6.07, 6.45) is 0. The van der Waals surface area contributed by atoms with E-state index in [9.17, 15) is 0 Å². The van der Waals surface area contributed by atoms with Gasteiger partial charge in [-0.25, -0.2) is 0 Å². The molecule has 0 nitrogen and oxygen atoms in total. The second kappa shape index (κ2) is 18.8. The van der Waals surface area contributed by atoms with Crippen LogP contribution in [0.5, 0.6) is 0 Å². The molecule has 7 rings (SSSR count). The number of aryl methyl sites for hydroxylation is 6. The molecular formula is C51H51Cl3SiTi. The van der Waals surface area contributed by atoms with E-state index >= 15 is 0 Å². The van der Waals surface area contributed by atoms with Gasteiger partial charge in [-0.2, -0.15) is 27.4 Å². The summed E-state index contributed by atoms with van der Waals surface area (Å²) in [5.41, 5.74) is 21.5. The van der Waals surface area contributed by atoms with Gasteiger partial charge in [0.1, 0.15) is 0 Å². The Morgan fingerprint density at radius 1 is 0.375 bits per heavy atom. The summed E-state index contributed by atoms with van der Waals surface area (Å²) in [5, 5.41) is 5.98. The molecule has 7 aromatic carbocycles. The fourth-order valence-electron chi connectivity index (χ4n) is 9.18. The molecule has 0 saturated carbocycles. The normalized spacial score (nSPS) is 10.8. The second-order valence-corrected chi connectivity index (χ2v) is 18.8. The zero-order chi connectivity index (χ0) is 36.9. The molecule has 0 N–H and O–H groups in total. The maximum absolute atomic E-state index is 3.09. The predicted molar refractivity (Wildman–Crippen MR) is 229 cm³/mol. The summed E-state index contributed by atoms with van der Waals surface area (Å²) in [6, 6.07) is 48.2. The minimum atomic E-state index is -3.09. The molecule has 0 bridgehead atoms. The van der Waals surface area contributed by atoms with Gasteiger partial charge >= 0.3 is 21.7 Å². The Bertz CT molecular complexity index is 2190. The van der Waals surface area contributed by atoms with E-state index in [2.05, 4.69) is 197 Å². The minimum Gasteiger partial charge on any atom is -1.00 e. The fraction of sp³-hybridized carbons (Fsp3) is 0.196. The first-order valence-corrected chi connectivity index (χ1v) is 20.7. The molecule has 5 heteroatoms. The molecule has 0 heterocycles. The van der Waals surface area contributed by atoms with E-state index in [1.165, 1.54) is 105 Å². The van der Waals surface area contributed by atoms with Crippen LogP contribution in [0.25, 0.3) is 33.4 Å². The van der Waals surface area contributed by atoms with Crippen molar-refractivity contribution in [3.63, 3.8) is 0 Å². The van der Waals surface area contributed by atoms with Crippen LogP contribution in [0.2, 0.25) is 0 Å². The molecule has 0 unspecified atom stereocenters. The Morgan fingerprint density at radius 3 is 0.911 bits per heavy atom. The van der Waals surface area contributed by atoms with Crippen LogP contribution >= 0.6 is 0 Å². The zero-order valence-corrected chi connectivity index (χ0v) is 39.1. The van der Waals surface area contributed by atoms with Crippen LogP contribution in [0.1, 0.15) is 55.6 Å². The van der Waals surface area contributed by atoms with Crippen LogP contribution < -0.4 is 58.0 Å². The van der Waals surface area contributed by atoms with Gasteiger partial charge in [-0.1, -0.05) is 172 Å². The van der Waals surface area contributed by atoms with Crippen LogP contribution in [-0.4, -0.2) is 8.07 Å². The minimum absolute atomic E-state index is 0. The van der Waals surface area contributed by atoms with Crippen LogP contribution in [0.4, 0.5) is 0 Å². The Labute approximate surface area is 370 Å². The quantitative estimate of drug-likeness (QED) is 0.131. The van der Waals surface area contributed by atoms with Crippen molar-refractivity contribution < 1.29 is 58.9 Å². The van der Waals surface area contributed by atoms with Crippen LogP contribution in [0, 0.1) is 69.2 Å². The van der Waals surface area contributed by atoms with Gasteiger partial charge in [0, 0.05) is 0 Å². The van der Waals surface area contributed by atoms with Gasteiger partial charge in [-0.05, 0) is 107 Å². The number of hydrogen-bond donors (Lipinski definition) is 0. The van der Waals surface area contributed by atoms with E-state index in [-0.39, 0.29) is 58.9 Å². The molecule has 0 spiro atoms. The summed E-state index contributed by atoms with van der Waals surface area (Å²) in [6.45, 7) is 23.4. The number of halogens is 3. The van der Waals surface area contributed by atoms with E-state index in [1.807, 2.05) is 0 Å². The number of hydrogen-bond acceptors (Lipinski definition) is 0. The molecule has 0 aromatic heterocycles. The Kier molecular flexibility index (Phi) is 15.7. The topological polar surface area (TPSA) is 0 Å².